The van der Waals surface area contributed by atoms with Gasteiger partial charge in [-0.2, -0.15) is 0 Å². The fourth-order valence-corrected chi connectivity index (χ4v) is 4.69. The van der Waals surface area contributed by atoms with Crippen molar-refractivity contribution in [3.8, 4) is 29.0 Å². The molecule has 0 saturated carbocycles. The molecule has 39 heavy (non-hydrogen) atoms. The van der Waals surface area contributed by atoms with Crippen molar-refractivity contribution in [3.05, 3.63) is 67.9 Å². The summed E-state index contributed by atoms with van der Waals surface area (Å²) in [5, 5.41) is 16.5. The van der Waals surface area contributed by atoms with E-state index in [1.165, 1.54) is 24.3 Å². The maximum absolute atomic E-state index is 12.0. The van der Waals surface area contributed by atoms with Gasteiger partial charge in [0.25, 0.3) is 5.91 Å². The lowest BCUT2D eigenvalue weighted by molar-refractivity contribution is -0.122. The van der Waals surface area contributed by atoms with Crippen LogP contribution in [0.3, 0.4) is 0 Å². The Hall–Kier alpha value is -3.11. The van der Waals surface area contributed by atoms with E-state index in [1.807, 2.05) is 27.7 Å². The Bertz CT molecular complexity index is 1450. The zero-order valence-electron chi connectivity index (χ0n) is 21.2. The average molecular weight is 611 g/mol. The number of anilines is 1. The van der Waals surface area contributed by atoms with Crippen molar-refractivity contribution in [2.24, 2.45) is 22.1 Å². The number of nitrogens with two attached hydrogens (primary N) is 1. The fourth-order valence-electron chi connectivity index (χ4n) is 3.57. The number of azo groups is 1. The zero-order chi connectivity index (χ0) is 28.4. The predicted molar refractivity (Wildman–Crippen MR) is 151 cm³/mol. The van der Waals surface area contributed by atoms with E-state index in [2.05, 4.69) is 20.4 Å². The van der Waals surface area contributed by atoms with Crippen LogP contribution < -0.4 is 19.9 Å². The van der Waals surface area contributed by atoms with Gasteiger partial charge in [0.05, 0.1) is 26.0 Å². The molecule has 0 saturated heterocycles. The van der Waals surface area contributed by atoms with Crippen molar-refractivity contribution >= 4 is 58.0 Å². The van der Waals surface area contributed by atoms with Crippen molar-refractivity contribution in [1.82, 2.24) is 10.2 Å². The van der Waals surface area contributed by atoms with E-state index in [1.54, 1.807) is 12.1 Å². The van der Waals surface area contributed by atoms with Gasteiger partial charge < -0.3 is 19.9 Å². The minimum Gasteiger partial charge on any atom is -0.437 e. The molecule has 9 nitrogen and oxygen atoms in total. The van der Waals surface area contributed by atoms with Gasteiger partial charge in [-0.1, -0.05) is 74.1 Å². The average Bonchev–Trinajstić information content (AvgIpc) is 2.85. The normalized spacial score (nSPS) is 15.1. The predicted octanol–water partition coefficient (Wildman–Crippen LogP) is 8.87. The summed E-state index contributed by atoms with van der Waals surface area (Å²) >= 11 is 25.4. The van der Waals surface area contributed by atoms with Gasteiger partial charge in [-0.05, 0) is 30.0 Å². The molecule has 1 atom stereocenters. The number of carbonyl (C=O) groups excluding carboxylic acids is 1. The highest BCUT2D eigenvalue weighted by Crippen LogP contribution is 2.42. The molecule has 1 aromatic heterocycles. The smallest absolute Gasteiger partial charge is 0.272 e. The number of aromatic nitrogens is 2. The Morgan fingerprint density at radius 2 is 1.38 bits per heavy atom. The number of rotatable bonds is 8. The van der Waals surface area contributed by atoms with Crippen LogP contribution in [0.1, 0.15) is 39.2 Å². The SMILES string of the molecule is CC(C)c1cc(Oc2c(Cl)cc(N)cc2Cl)nnc1Oc1cc(Cl)c(OC2=CC(C(C)C)C(=O)N=N2)c(Cl)c1. The summed E-state index contributed by atoms with van der Waals surface area (Å²) in [6.45, 7) is 7.71. The van der Waals surface area contributed by atoms with Crippen LogP contribution in [0.25, 0.3) is 0 Å². The van der Waals surface area contributed by atoms with Gasteiger partial charge in [-0.25, -0.2) is 0 Å². The van der Waals surface area contributed by atoms with Crippen LogP contribution in [-0.2, 0) is 4.79 Å². The van der Waals surface area contributed by atoms with Gasteiger partial charge >= 0.3 is 0 Å². The third kappa shape index (κ3) is 6.73. The highest BCUT2D eigenvalue weighted by molar-refractivity contribution is 6.38. The molecular formula is C26H23Cl4N5O4. The largest absolute Gasteiger partial charge is 0.437 e. The standard InChI is InChI=1S/C26H23Cl4N5O4/c1-11(2)15-9-21(32-34-25(15)36)38-24-19(29)7-14(8-20(24)30)37-26-16(12(3)4)10-22(33-35-26)39-23-17(27)5-13(31)6-18(23)28/h5-12,15H,31H2,1-4H3. The first-order chi connectivity index (χ1) is 18.4. The Morgan fingerprint density at radius 1 is 0.795 bits per heavy atom. The number of halogens is 4. The molecule has 204 valence electrons. The molecule has 4 rings (SSSR count). The topological polar surface area (TPSA) is 121 Å². The number of nitrogen functional groups attached to an aromatic ring is 1. The minimum absolute atomic E-state index is 0.0191. The number of amides is 1. The molecule has 0 aliphatic carbocycles. The first-order valence-corrected chi connectivity index (χ1v) is 13.3. The Labute approximate surface area is 244 Å². The summed E-state index contributed by atoms with van der Waals surface area (Å²) < 4.78 is 17.5. The summed E-state index contributed by atoms with van der Waals surface area (Å²) in [6, 6.07) is 7.74. The Kier molecular flexibility index (Phi) is 8.86. The maximum atomic E-state index is 12.0. The van der Waals surface area contributed by atoms with Crippen molar-refractivity contribution < 1.29 is 19.0 Å². The van der Waals surface area contributed by atoms with Crippen LogP contribution in [0.4, 0.5) is 5.69 Å². The third-order valence-corrected chi connectivity index (χ3v) is 6.70. The first kappa shape index (κ1) is 28.9. The molecule has 2 aromatic carbocycles. The fraction of sp³-hybridized carbons (Fsp3) is 0.269. The lowest BCUT2D eigenvalue weighted by Crippen LogP contribution is -2.19. The number of benzene rings is 2. The summed E-state index contributed by atoms with van der Waals surface area (Å²) in [5.74, 6) is 0.342. The second kappa shape index (κ2) is 12.0. The molecular weight excluding hydrogens is 588 g/mol. The number of nitrogens with zero attached hydrogens (tertiary/aromatic N) is 4. The van der Waals surface area contributed by atoms with E-state index >= 15 is 0 Å². The van der Waals surface area contributed by atoms with Gasteiger partial charge in [0.1, 0.15) is 5.75 Å². The minimum atomic E-state index is -0.454. The Balaban J connectivity index is 1.57. The molecule has 0 fully saturated rings. The number of hydrogen-bond acceptors (Lipinski definition) is 8. The van der Waals surface area contributed by atoms with Crippen LogP contribution in [0, 0.1) is 11.8 Å². The first-order valence-electron chi connectivity index (χ1n) is 11.7. The van der Waals surface area contributed by atoms with E-state index in [9.17, 15) is 4.79 Å². The van der Waals surface area contributed by atoms with Crippen LogP contribution in [0.15, 0.2) is 52.5 Å². The van der Waals surface area contributed by atoms with Crippen LogP contribution in [0.5, 0.6) is 29.0 Å². The second-order valence-electron chi connectivity index (χ2n) is 9.25. The van der Waals surface area contributed by atoms with Crippen molar-refractivity contribution in [1.29, 1.82) is 0 Å². The number of hydrogen-bond donors (Lipinski definition) is 1. The summed E-state index contributed by atoms with van der Waals surface area (Å²) in [5.41, 5.74) is 6.85. The van der Waals surface area contributed by atoms with Gasteiger partial charge in [0.15, 0.2) is 11.5 Å². The highest BCUT2D eigenvalue weighted by atomic mass is 35.5. The molecule has 1 aliphatic rings. The monoisotopic (exact) mass is 609 g/mol. The van der Waals surface area contributed by atoms with Crippen molar-refractivity contribution in [2.75, 3.05) is 5.73 Å². The second-order valence-corrected chi connectivity index (χ2v) is 10.9. The van der Waals surface area contributed by atoms with Crippen LogP contribution in [-0.4, -0.2) is 16.1 Å². The lowest BCUT2D eigenvalue weighted by Gasteiger charge is -2.18. The van der Waals surface area contributed by atoms with E-state index in [0.29, 0.717) is 17.0 Å². The molecule has 1 unspecified atom stereocenters. The van der Waals surface area contributed by atoms with Crippen molar-refractivity contribution in [2.45, 2.75) is 33.6 Å². The number of carbonyl (C=O) groups is 1. The summed E-state index contributed by atoms with van der Waals surface area (Å²) in [7, 11) is 0. The maximum Gasteiger partial charge on any atom is 0.272 e. The highest BCUT2D eigenvalue weighted by Gasteiger charge is 2.26. The van der Waals surface area contributed by atoms with E-state index in [4.69, 9.17) is 66.3 Å². The summed E-state index contributed by atoms with van der Waals surface area (Å²) in [4.78, 5) is 12.0. The summed E-state index contributed by atoms with van der Waals surface area (Å²) in [6.07, 6.45) is 1.59. The molecule has 2 N–H and O–H groups in total. The molecule has 0 radical (unpaired) electrons. The quantitative estimate of drug-likeness (QED) is 0.253. The van der Waals surface area contributed by atoms with Crippen LogP contribution >= 0.6 is 46.4 Å². The molecule has 0 spiro atoms. The van der Waals surface area contributed by atoms with Gasteiger partial charge in [-0.3, -0.25) is 4.79 Å². The van der Waals surface area contributed by atoms with E-state index < -0.39 is 5.92 Å². The van der Waals surface area contributed by atoms with E-state index in [0.717, 1.165) is 0 Å². The van der Waals surface area contributed by atoms with Gasteiger partial charge in [-0.15, -0.1) is 20.4 Å². The third-order valence-electron chi connectivity index (χ3n) is 5.58. The van der Waals surface area contributed by atoms with E-state index in [-0.39, 0.29) is 67.0 Å². The Morgan fingerprint density at radius 3 is 1.97 bits per heavy atom. The lowest BCUT2D eigenvalue weighted by atomic mass is 9.94. The molecule has 1 aliphatic heterocycles. The molecule has 2 heterocycles. The van der Waals surface area contributed by atoms with Crippen LogP contribution in [0.2, 0.25) is 20.1 Å². The molecule has 3 aromatic rings. The molecule has 1 amide bonds. The van der Waals surface area contributed by atoms with Crippen molar-refractivity contribution in [3.63, 3.8) is 0 Å². The molecule has 13 heteroatoms. The van der Waals surface area contributed by atoms with Gasteiger partial charge in [0, 0.05) is 29.4 Å². The molecule has 0 bridgehead atoms. The zero-order valence-corrected chi connectivity index (χ0v) is 24.2. The van der Waals surface area contributed by atoms with Gasteiger partial charge in [0.2, 0.25) is 17.6 Å². The number of ether oxygens (including phenoxy) is 3.